The quantitative estimate of drug-likeness (QED) is 0.729. The second-order valence-corrected chi connectivity index (χ2v) is 5.77. The Morgan fingerprint density at radius 2 is 1.62 bits per heavy atom. The zero-order valence-corrected chi connectivity index (χ0v) is 13.9. The largest absolute Gasteiger partial charge is 0.366 e. The summed E-state index contributed by atoms with van der Waals surface area (Å²) in [6, 6.07) is 16.6. The van der Waals surface area contributed by atoms with E-state index in [2.05, 4.69) is 29.4 Å². The Labute approximate surface area is 142 Å². The van der Waals surface area contributed by atoms with Crippen LogP contribution in [0.25, 0.3) is 0 Å². The van der Waals surface area contributed by atoms with E-state index in [9.17, 15) is 9.59 Å². The number of carbonyl (C=O) groups excluding carboxylic acids is 2. The van der Waals surface area contributed by atoms with Gasteiger partial charge < -0.3 is 16.0 Å². The molecule has 0 heterocycles. The third-order valence-corrected chi connectivity index (χ3v) is 3.73. The molecule has 0 bridgehead atoms. The van der Waals surface area contributed by atoms with E-state index in [0.717, 1.165) is 19.5 Å². The van der Waals surface area contributed by atoms with E-state index in [1.54, 1.807) is 24.3 Å². The zero-order chi connectivity index (χ0) is 17.4. The number of benzene rings is 2. The van der Waals surface area contributed by atoms with Crippen molar-refractivity contribution in [1.29, 1.82) is 0 Å². The van der Waals surface area contributed by atoms with E-state index in [1.807, 2.05) is 18.2 Å². The van der Waals surface area contributed by atoms with Gasteiger partial charge in [0.05, 0.1) is 0 Å². The molecule has 0 aliphatic heterocycles. The van der Waals surface area contributed by atoms with Crippen molar-refractivity contribution in [1.82, 2.24) is 10.2 Å². The fourth-order valence-corrected chi connectivity index (χ4v) is 2.41. The molecule has 0 spiro atoms. The maximum Gasteiger partial charge on any atom is 0.251 e. The van der Waals surface area contributed by atoms with E-state index >= 15 is 0 Å². The Kier molecular flexibility index (Phi) is 6.51. The van der Waals surface area contributed by atoms with Crippen molar-refractivity contribution in [2.75, 3.05) is 20.1 Å². The monoisotopic (exact) mass is 325 g/mol. The van der Waals surface area contributed by atoms with E-state index in [-0.39, 0.29) is 5.91 Å². The molecule has 2 amide bonds. The van der Waals surface area contributed by atoms with Crippen molar-refractivity contribution in [3.63, 3.8) is 0 Å². The minimum absolute atomic E-state index is 0.142. The minimum atomic E-state index is -0.497. The normalized spacial score (nSPS) is 10.6. The van der Waals surface area contributed by atoms with E-state index < -0.39 is 5.91 Å². The van der Waals surface area contributed by atoms with Gasteiger partial charge in [0.1, 0.15) is 0 Å². The lowest BCUT2D eigenvalue weighted by Gasteiger charge is -2.16. The van der Waals surface area contributed by atoms with Crippen LogP contribution in [0, 0.1) is 0 Å². The molecule has 0 aliphatic rings. The molecule has 0 saturated carbocycles. The van der Waals surface area contributed by atoms with Gasteiger partial charge in [-0.05, 0) is 49.8 Å². The lowest BCUT2D eigenvalue weighted by Crippen LogP contribution is -2.28. The van der Waals surface area contributed by atoms with Gasteiger partial charge in [0.15, 0.2) is 0 Å². The molecule has 0 atom stereocenters. The Morgan fingerprint density at radius 3 is 2.25 bits per heavy atom. The van der Waals surface area contributed by atoms with Crippen LogP contribution in [0.4, 0.5) is 0 Å². The number of nitrogens with two attached hydrogens (primary N) is 1. The highest BCUT2D eigenvalue weighted by atomic mass is 16.2. The number of nitrogens with one attached hydrogen (secondary N) is 1. The van der Waals surface area contributed by atoms with Gasteiger partial charge in [-0.3, -0.25) is 9.59 Å². The van der Waals surface area contributed by atoms with Gasteiger partial charge in [0.2, 0.25) is 5.91 Å². The van der Waals surface area contributed by atoms with Gasteiger partial charge in [-0.1, -0.05) is 30.3 Å². The van der Waals surface area contributed by atoms with E-state index in [1.165, 1.54) is 5.56 Å². The Morgan fingerprint density at radius 1 is 1.00 bits per heavy atom. The van der Waals surface area contributed by atoms with Crippen LogP contribution in [0.15, 0.2) is 54.6 Å². The molecule has 2 aromatic rings. The Bertz CT molecular complexity index is 669. The van der Waals surface area contributed by atoms with Crippen LogP contribution in [0.3, 0.4) is 0 Å². The van der Waals surface area contributed by atoms with Gasteiger partial charge >= 0.3 is 0 Å². The SMILES string of the molecule is CN(CCCNC(=O)c1ccc(C(N)=O)cc1)Cc1ccccc1. The van der Waals surface area contributed by atoms with Crippen LogP contribution < -0.4 is 11.1 Å². The molecule has 2 rings (SSSR count). The van der Waals surface area contributed by atoms with Crippen molar-refractivity contribution < 1.29 is 9.59 Å². The molecular formula is C19H23N3O2. The molecule has 5 heteroatoms. The fraction of sp³-hybridized carbons (Fsp3) is 0.263. The molecule has 0 saturated heterocycles. The van der Waals surface area contributed by atoms with Gasteiger partial charge in [0, 0.05) is 24.2 Å². The number of nitrogens with zero attached hydrogens (tertiary/aromatic N) is 1. The number of amides is 2. The maximum absolute atomic E-state index is 12.0. The highest BCUT2D eigenvalue weighted by molar-refractivity contribution is 5.97. The number of primary amides is 1. The predicted molar refractivity (Wildman–Crippen MR) is 94.7 cm³/mol. The van der Waals surface area contributed by atoms with Crippen molar-refractivity contribution in [3.05, 3.63) is 71.3 Å². The third-order valence-electron chi connectivity index (χ3n) is 3.73. The molecule has 126 valence electrons. The second kappa shape index (κ2) is 8.84. The Balaban J connectivity index is 1.69. The number of hydrogen-bond acceptors (Lipinski definition) is 3. The highest BCUT2D eigenvalue weighted by Crippen LogP contribution is 2.05. The van der Waals surface area contributed by atoms with E-state index in [0.29, 0.717) is 17.7 Å². The van der Waals surface area contributed by atoms with Crippen LogP contribution in [0.2, 0.25) is 0 Å². The van der Waals surface area contributed by atoms with Gasteiger partial charge in [-0.15, -0.1) is 0 Å². The van der Waals surface area contributed by atoms with Crippen LogP contribution in [0.1, 0.15) is 32.7 Å². The van der Waals surface area contributed by atoms with Crippen molar-refractivity contribution in [3.8, 4) is 0 Å². The lowest BCUT2D eigenvalue weighted by molar-refractivity contribution is 0.0949. The van der Waals surface area contributed by atoms with Crippen molar-refractivity contribution in [2.24, 2.45) is 5.73 Å². The third kappa shape index (κ3) is 5.52. The lowest BCUT2D eigenvalue weighted by atomic mass is 10.1. The number of carbonyl (C=O) groups is 2. The average Bonchev–Trinajstić information content (AvgIpc) is 2.59. The predicted octanol–water partition coefficient (Wildman–Crippen LogP) is 2.04. The van der Waals surface area contributed by atoms with Crippen LogP contribution >= 0.6 is 0 Å². The van der Waals surface area contributed by atoms with Gasteiger partial charge in [-0.25, -0.2) is 0 Å². The molecular weight excluding hydrogens is 302 g/mol. The molecule has 0 unspecified atom stereocenters. The summed E-state index contributed by atoms with van der Waals surface area (Å²) in [5, 5.41) is 2.89. The van der Waals surface area contributed by atoms with Crippen LogP contribution in [-0.2, 0) is 6.54 Å². The van der Waals surface area contributed by atoms with Gasteiger partial charge in [-0.2, -0.15) is 0 Å². The summed E-state index contributed by atoms with van der Waals surface area (Å²) in [6.45, 7) is 2.40. The highest BCUT2D eigenvalue weighted by Gasteiger charge is 2.07. The molecule has 0 aromatic heterocycles. The summed E-state index contributed by atoms with van der Waals surface area (Å²) in [5.74, 6) is -0.639. The summed E-state index contributed by atoms with van der Waals surface area (Å²) in [5.41, 5.74) is 7.38. The van der Waals surface area contributed by atoms with Crippen LogP contribution in [-0.4, -0.2) is 36.9 Å². The smallest absolute Gasteiger partial charge is 0.251 e. The summed E-state index contributed by atoms with van der Waals surface area (Å²) < 4.78 is 0. The van der Waals surface area contributed by atoms with Crippen molar-refractivity contribution >= 4 is 11.8 Å². The first kappa shape index (κ1) is 17.7. The van der Waals surface area contributed by atoms with Crippen LogP contribution in [0.5, 0.6) is 0 Å². The first-order chi connectivity index (χ1) is 11.6. The Hall–Kier alpha value is -2.66. The van der Waals surface area contributed by atoms with E-state index in [4.69, 9.17) is 5.73 Å². The topological polar surface area (TPSA) is 75.4 Å². The van der Waals surface area contributed by atoms with Gasteiger partial charge in [0.25, 0.3) is 5.91 Å². The summed E-state index contributed by atoms with van der Waals surface area (Å²) in [6.07, 6.45) is 0.869. The number of rotatable bonds is 8. The molecule has 24 heavy (non-hydrogen) atoms. The standard InChI is InChI=1S/C19H23N3O2/c1-22(14-15-6-3-2-4-7-15)13-5-12-21-19(24)17-10-8-16(9-11-17)18(20)23/h2-4,6-11H,5,12-14H2,1H3,(H2,20,23)(H,21,24). The average molecular weight is 325 g/mol. The molecule has 5 nitrogen and oxygen atoms in total. The molecule has 2 aromatic carbocycles. The zero-order valence-electron chi connectivity index (χ0n) is 13.9. The fourth-order valence-electron chi connectivity index (χ4n) is 2.41. The summed E-state index contributed by atoms with van der Waals surface area (Å²) >= 11 is 0. The summed E-state index contributed by atoms with van der Waals surface area (Å²) in [4.78, 5) is 25.3. The number of hydrogen-bond donors (Lipinski definition) is 2. The maximum atomic E-state index is 12.0. The molecule has 3 N–H and O–H groups in total. The summed E-state index contributed by atoms with van der Waals surface area (Å²) in [7, 11) is 2.07. The first-order valence-electron chi connectivity index (χ1n) is 7.97. The second-order valence-electron chi connectivity index (χ2n) is 5.77. The molecule has 0 aliphatic carbocycles. The molecule has 0 radical (unpaired) electrons. The van der Waals surface area contributed by atoms with Crippen molar-refractivity contribution in [2.45, 2.75) is 13.0 Å². The minimum Gasteiger partial charge on any atom is -0.366 e. The molecule has 0 fully saturated rings. The first-order valence-corrected chi connectivity index (χ1v) is 7.97.